The summed E-state index contributed by atoms with van der Waals surface area (Å²) in [5.74, 6) is -0.371. The maximum Gasteiger partial charge on any atom is 0.277 e. The molecule has 2 heterocycles. The number of carbonyl (C=O) groups excluding carboxylic acids is 1. The summed E-state index contributed by atoms with van der Waals surface area (Å²) in [6, 6.07) is 7.31. The normalized spacial score (nSPS) is 11.4. The molecule has 1 aromatic carbocycles. The molecule has 0 aliphatic rings. The highest BCUT2D eigenvalue weighted by Crippen LogP contribution is 2.12. The third kappa shape index (κ3) is 2.24. The van der Waals surface area contributed by atoms with E-state index in [1.54, 1.807) is 6.07 Å². The first kappa shape index (κ1) is 14.2. The highest BCUT2D eigenvalue weighted by Gasteiger charge is 2.20. The van der Waals surface area contributed by atoms with Crippen LogP contribution >= 0.6 is 0 Å². The summed E-state index contributed by atoms with van der Waals surface area (Å²) in [6.45, 7) is 4.00. The molecule has 0 saturated heterocycles. The molecule has 0 unspecified atom stereocenters. The van der Waals surface area contributed by atoms with Gasteiger partial charge in [0, 0.05) is 6.04 Å². The summed E-state index contributed by atoms with van der Waals surface area (Å²) in [4.78, 5) is 27.4. The van der Waals surface area contributed by atoms with Gasteiger partial charge in [-0.3, -0.25) is 9.59 Å². The third-order valence-electron chi connectivity index (χ3n) is 3.80. The van der Waals surface area contributed by atoms with E-state index in [4.69, 9.17) is 0 Å². The molecule has 114 valence electrons. The van der Waals surface area contributed by atoms with Crippen LogP contribution in [0.2, 0.25) is 0 Å². The maximum absolute atomic E-state index is 12.4. The molecule has 22 heavy (non-hydrogen) atoms. The summed E-state index contributed by atoms with van der Waals surface area (Å²) >= 11 is 0. The number of carbonyl (C=O) groups is 1. The Balaban J connectivity index is 2.14. The Kier molecular flexibility index (Phi) is 3.62. The Morgan fingerprint density at radius 1 is 1.32 bits per heavy atom. The molecule has 0 spiro atoms. The third-order valence-corrected chi connectivity index (χ3v) is 3.80. The monoisotopic (exact) mass is 299 g/mol. The first-order valence-electron chi connectivity index (χ1n) is 7.33. The van der Waals surface area contributed by atoms with Crippen LogP contribution < -0.4 is 10.9 Å². The van der Waals surface area contributed by atoms with E-state index in [0.29, 0.717) is 11.0 Å². The minimum Gasteiger partial charge on any atom is -0.348 e. The van der Waals surface area contributed by atoms with E-state index in [-0.39, 0.29) is 28.7 Å². The van der Waals surface area contributed by atoms with Crippen molar-refractivity contribution in [2.75, 3.05) is 0 Å². The largest absolute Gasteiger partial charge is 0.348 e. The van der Waals surface area contributed by atoms with Crippen molar-refractivity contribution in [2.24, 2.45) is 0 Å². The second-order valence-corrected chi connectivity index (χ2v) is 5.16. The van der Waals surface area contributed by atoms with Crippen molar-refractivity contribution in [1.29, 1.82) is 0 Å². The van der Waals surface area contributed by atoms with Crippen molar-refractivity contribution in [1.82, 2.24) is 25.1 Å². The van der Waals surface area contributed by atoms with Gasteiger partial charge in [-0.25, -0.2) is 4.52 Å². The molecule has 7 nitrogen and oxygen atoms in total. The second-order valence-electron chi connectivity index (χ2n) is 5.16. The zero-order valence-corrected chi connectivity index (χ0v) is 12.5. The van der Waals surface area contributed by atoms with Gasteiger partial charge in [-0.05, 0) is 25.0 Å². The van der Waals surface area contributed by atoms with Crippen molar-refractivity contribution < 1.29 is 4.79 Å². The van der Waals surface area contributed by atoms with Gasteiger partial charge in [0.2, 0.25) is 0 Å². The van der Waals surface area contributed by atoms with Gasteiger partial charge in [-0.1, -0.05) is 31.2 Å². The lowest BCUT2D eigenvalue weighted by Gasteiger charge is -2.13. The van der Waals surface area contributed by atoms with Crippen LogP contribution in [0.4, 0.5) is 0 Å². The lowest BCUT2D eigenvalue weighted by atomic mass is 10.1. The number of H-pyrrole nitrogens is 1. The highest BCUT2D eigenvalue weighted by molar-refractivity contribution is 5.99. The number of amides is 1. The Bertz CT molecular complexity index is 892. The molecule has 2 aromatic heterocycles. The van der Waals surface area contributed by atoms with Crippen molar-refractivity contribution in [3.63, 3.8) is 0 Å². The summed E-state index contributed by atoms with van der Waals surface area (Å²) in [7, 11) is 0. The highest BCUT2D eigenvalue weighted by atomic mass is 16.2. The SMILES string of the molecule is CCC(CC)NC(=O)c1nnn2c1c(=O)[nH]c1ccccc12. The number of rotatable bonds is 4. The van der Waals surface area contributed by atoms with Gasteiger partial charge in [-0.15, -0.1) is 5.10 Å². The molecule has 0 atom stereocenters. The molecule has 2 N–H and O–H groups in total. The van der Waals surface area contributed by atoms with Crippen LogP contribution in [0.5, 0.6) is 0 Å². The van der Waals surface area contributed by atoms with Gasteiger partial charge in [0.15, 0.2) is 11.2 Å². The average Bonchev–Trinajstić information content (AvgIpc) is 2.98. The fraction of sp³-hybridized carbons (Fsp3) is 0.333. The lowest BCUT2D eigenvalue weighted by Crippen LogP contribution is -2.34. The Morgan fingerprint density at radius 3 is 2.77 bits per heavy atom. The molecule has 0 saturated carbocycles. The number of aromatic nitrogens is 4. The number of benzene rings is 1. The summed E-state index contributed by atoms with van der Waals surface area (Å²) < 4.78 is 1.41. The van der Waals surface area contributed by atoms with E-state index in [1.807, 2.05) is 32.0 Å². The zero-order chi connectivity index (χ0) is 15.7. The topological polar surface area (TPSA) is 92.2 Å². The summed E-state index contributed by atoms with van der Waals surface area (Å²) in [5, 5.41) is 10.8. The van der Waals surface area contributed by atoms with Gasteiger partial charge >= 0.3 is 0 Å². The molecule has 1 amide bonds. The van der Waals surface area contributed by atoms with Gasteiger partial charge < -0.3 is 10.3 Å². The molecular formula is C15H17N5O2. The van der Waals surface area contributed by atoms with Crippen molar-refractivity contribution in [3.05, 3.63) is 40.3 Å². The van der Waals surface area contributed by atoms with Gasteiger partial charge in [0.1, 0.15) is 0 Å². The molecule has 7 heteroatoms. The molecule has 3 rings (SSSR count). The standard InChI is InChI=1S/C15H17N5O2/c1-3-9(4-2)16-14(21)12-13-15(22)17-10-7-5-6-8-11(10)20(13)19-18-12/h5-9H,3-4H2,1-2H3,(H,16,21)(H,17,22). The minimum atomic E-state index is -0.376. The van der Waals surface area contributed by atoms with Crippen LogP contribution in [0.1, 0.15) is 37.2 Å². The first-order valence-corrected chi connectivity index (χ1v) is 7.33. The average molecular weight is 299 g/mol. The Hall–Kier alpha value is -2.70. The molecule has 3 aromatic rings. The van der Waals surface area contributed by atoms with Crippen LogP contribution in [0.25, 0.3) is 16.6 Å². The smallest absolute Gasteiger partial charge is 0.277 e. The van der Waals surface area contributed by atoms with Crippen LogP contribution in [0.15, 0.2) is 29.1 Å². The zero-order valence-electron chi connectivity index (χ0n) is 12.5. The molecule has 0 aliphatic heterocycles. The molecule has 0 fully saturated rings. The Morgan fingerprint density at radius 2 is 2.05 bits per heavy atom. The van der Waals surface area contributed by atoms with E-state index in [9.17, 15) is 9.59 Å². The Labute approximate surface area is 126 Å². The number of hydrogen-bond acceptors (Lipinski definition) is 4. The maximum atomic E-state index is 12.4. The number of nitrogens with one attached hydrogen (secondary N) is 2. The van der Waals surface area contributed by atoms with E-state index in [2.05, 4.69) is 20.6 Å². The van der Waals surface area contributed by atoms with Gasteiger partial charge in [0.05, 0.1) is 11.0 Å². The first-order chi connectivity index (χ1) is 10.7. The fourth-order valence-electron chi connectivity index (χ4n) is 2.50. The van der Waals surface area contributed by atoms with Crippen molar-refractivity contribution in [3.8, 4) is 0 Å². The van der Waals surface area contributed by atoms with Crippen LogP contribution in [-0.4, -0.2) is 31.8 Å². The number of para-hydroxylation sites is 2. The number of aromatic amines is 1. The van der Waals surface area contributed by atoms with E-state index in [1.165, 1.54) is 4.52 Å². The van der Waals surface area contributed by atoms with Gasteiger partial charge in [-0.2, -0.15) is 0 Å². The fourth-order valence-corrected chi connectivity index (χ4v) is 2.50. The van der Waals surface area contributed by atoms with E-state index >= 15 is 0 Å². The van der Waals surface area contributed by atoms with Crippen LogP contribution in [-0.2, 0) is 0 Å². The quantitative estimate of drug-likeness (QED) is 0.763. The predicted molar refractivity (Wildman–Crippen MR) is 82.9 cm³/mol. The van der Waals surface area contributed by atoms with E-state index < -0.39 is 0 Å². The molecule has 0 bridgehead atoms. The molecule has 0 aliphatic carbocycles. The van der Waals surface area contributed by atoms with Crippen LogP contribution in [0.3, 0.4) is 0 Å². The number of fused-ring (bicyclic) bond motifs is 3. The molecule has 0 radical (unpaired) electrons. The minimum absolute atomic E-state index is 0.0545. The number of hydrogen-bond donors (Lipinski definition) is 2. The van der Waals surface area contributed by atoms with Gasteiger partial charge in [0.25, 0.3) is 11.5 Å². The summed E-state index contributed by atoms with van der Waals surface area (Å²) in [6.07, 6.45) is 1.64. The second kappa shape index (κ2) is 5.59. The molecular weight excluding hydrogens is 282 g/mol. The van der Waals surface area contributed by atoms with E-state index in [0.717, 1.165) is 12.8 Å². The van der Waals surface area contributed by atoms with Crippen molar-refractivity contribution >= 4 is 22.5 Å². The number of nitrogens with zero attached hydrogens (tertiary/aromatic N) is 3. The summed E-state index contributed by atoms with van der Waals surface area (Å²) in [5.41, 5.74) is 1.20. The van der Waals surface area contributed by atoms with Crippen molar-refractivity contribution in [2.45, 2.75) is 32.7 Å². The van der Waals surface area contributed by atoms with Crippen LogP contribution in [0, 0.1) is 0 Å². The predicted octanol–water partition coefficient (Wildman–Crippen LogP) is 1.49. The lowest BCUT2D eigenvalue weighted by molar-refractivity contribution is 0.0931.